The summed E-state index contributed by atoms with van der Waals surface area (Å²) in [6, 6.07) is 6.14. The molecule has 1 aromatic carbocycles. The van der Waals surface area contributed by atoms with Crippen LogP contribution in [0.4, 0.5) is 10.5 Å². The van der Waals surface area contributed by atoms with Crippen LogP contribution in [0.1, 0.15) is 12.5 Å². The van der Waals surface area contributed by atoms with Crippen molar-refractivity contribution >= 4 is 27.7 Å². The van der Waals surface area contributed by atoms with Gasteiger partial charge in [-0.3, -0.25) is 0 Å². The number of anilines is 1. The average molecular weight is 342 g/mol. The third-order valence-electron chi connectivity index (χ3n) is 3.41. The van der Waals surface area contributed by atoms with Gasteiger partial charge >= 0.3 is 6.09 Å². The number of halogens is 1. The molecule has 0 aromatic heterocycles. The second-order valence-corrected chi connectivity index (χ2v) is 5.57. The van der Waals surface area contributed by atoms with Crippen molar-refractivity contribution in [2.24, 2.45) is 5.73 Å². The smallest absolute Gasteiger partial charge is 0.409 e. The lowest BCUT2D eigenvalue weighted by molar-refractivity contribution is 0.105. The summed E-state index contributed by atoms with van der Waals surface area (Å²) in [5.41, 5.74) is 8.08. The van der Waals surface area contributed by atoms with E-state index >= 15 is 0 Å². The van der Waals surface area contributed by atoms with Crippen molar-refractivity contribution in [1.82, 2.24) is 4.90 Å². The van der Waals surface area contributed by atoms with Crippen LogP contribution in [0.2, 0.25) is 0 Å². The molecule has 1 aromatic rings. The molecule has 0 aliphatic carbocycles. The molecule has 0 radical (unpaired) electrons. The molecule has 1 amide bonds. The highest BCUT2D eigenvalue weighted by Crippen LogP contribution is 2.25. The number of rotatable bonds is 3. The van der Waals surface area contributed by atoms with Crippen LogP contribution in [0.3, 0.4) is 0 Å². The molecule has 1 aliphatic heterocycles. The Labute approximate surface area is 127 Å². The Morgan fingerprint density at radius 3 is 2.65 bits per heavy atom. The van der Waals surface area contributed by atoms with E-state index in [1.54, 1.807) is 4.90 Å². The maximum Gasteiger partial charge on any atom is 0.409 e. The number of nitrogens with zero attached hydrogens (tertiary/aromatic N) is 2. The van der Waals surface area contributed by atoms with E-state index in [0.717, 1.165) is 28.8 Å². The minimum atomic E-state index is -0.220. The summed E-state index contributed by atoms with van der Waals surface area (Å²) in [7, 11) is 0. The predicted molar refractivity (Wildman–Crippen MR) is 82.8 cm³/mol. The van der Waals surface area contributed by atoms with Crippen LogP contribution in [-0.4, -0.2) is 43.8 Å². The Morgan fingerprint density at radius 2 is 2.05 bits per heavy atom. The highest BCUT2D eigenvalue weighted by Gasteiger charge is 2.23. The molecule has 1 aliphatic rings. The molecule has 2 N–H and O–H groups in total. The number of nitrogens with two attached hydrogens (primary N) is 1. The molecule has 0 atom stereocenters. The Hall–Kier alpha value is -1.27. The first-order valence-electron chi connectivity index (χ1n) is 6.80. The molecular formula is C14H20BrN3O2. The van der Waals surface area contributed by atoms with Crippen LogP contribution in [0.15, 0.2) is 22.7 Å². The van der Waals surface area contributed by atoms with E-state index in [2.05, 4.69) is 26.9 Å². The van der Waals surface area contributed by atoms with Gasteiger partial charge in [-0.05, 0) is 30.7 Å². The van der Waals surface area contributed by atoms with Gasteiger partial charge in [0.2, 0.25) is 0 Å². The average Bonchev–Trinajstić information content (AvgIpc) is 2.47. The zero-order chi connectivity index (χ0) is 14.5. The van der Waals surface area contributed by atoms with E-state index in [1.807, 2.05) is 19.1 Å². The van der Waals surface area contributed by atoms with Crippen molar-refractivity contribution in [3.63, 3.8) is 0 Å². The first-order chi connectivity index (χ1) is 9.65. The fourth-order valence-electron chi connectivity index (χ4n) is 2.37. The molecular weight excluding hydrogens is 322 g/mol. The van der Waals surface area contributed by atoms with Crippen LogP contribution >= 0.6 is 15.9 Å². The number of hydrogen-bond acceptors (Lipinski definition) is 4. The fourth-order valence-corrected chi connectivity index (χ4v) is 2.78. The highest BCUT2D eigenvalue weighted by molar-refractivity contribution is 9.10. The zero-order valence-electron chi connectivity index (χ0n) is 11.6. The Bertz CT molecular complexity index is 473. The maximum atomic E-state index is 11.7. The minimum Gasteiger partial charge on any atom is -0.450 e. The van der Waals surface area contributed by atoms with E-state index in [0.29, 0.717) is 26.2 Å². The first kappa shape index (κ1) is 15.1. The largest absolute Gasteiger partial charge is 0.450 e. The lowest BCUT2D eigenvalue weighted by atomic mass is 10.1. The molecule has 2 rings (SSSR count). The Morgan fingerprint density at radius 1 is 1.35 bits per heavy atom. The summed E-state index contributed by atoms with van der Waals surface area (Å²) in [4.78, 5) is 15.7. The Kier molecular flexibility index (Phi) is 5.25. The van der Waals surface area contributed by atoms with Crippen LogP contribution in [0.5, 0.6) is 0 Å². The molecule has 0 bridgehead atoms. The van der Waals surface area contributed by atoms with E-state index in [-0.39, 0.29) is 6.09 Å². The first-order valence-corrected chi connectivity index (χ1v) is 7.60. The van der Waals surface area contributed by atoms with Gasteiger partial charge < -0.3 is 20.3 Å². The SMILES string of the molecule is CCOC(=O)N1CCN(c2ccc(Br)cc2CN)CC1. The molecule has 0 unspecified atom stereocenters. The van der Waals surface area contributed by atoms with Crippen molar-refractivity contribution in [2.75, 3.05) is 37.7 Å². The van der Waals surface area contributed by atoms with Gasteiger partial charge in [0.05, 0.1) is 6.61 Å². The lowest BCUT2D eigenvalue weighted by Gasteiger charge is -2.36. The van der Waals surface area contributed by atoms with Gasteiger partial charge in [-0.25, -0.2) is 4.79 Å². The Balaban J connectivity index is 2.02. The van der Waals surface area contributed by atoms with Crippen molar-refractivity contribution in [1.29, 1.82) is 0 Å². The zero-order valence-corrected chi connectivity index (χ0v) is 13.2. The highest BCUT2D eigenvalue weighted by atomic mass is 79.9. The molecule has 1 heterocycles. The summed E-state index contributed by atoms with van der Waals surface area (Å²) in [6.07, 6.45) is -0.220. The molecule has 0 spiro atoms. The van der Waals surface area contributed by atoms with Gasteiger partial charge in [0.1, 0.15) is 0 Å². The molecule has 1 fully saturated rings. The molecule has 5 nitrogen and oxygen atoms in total. The molecule has 6 heteroatoms. The van der Waals surface area contributed by atoms with Crippen LogP contribution < -0.4 is 10.6 Å². The van der Waals surface area contributed by atoms with Gasteiger partial charge in [0.25, 0.3) is 0 Å². The number of carbonyl (C=O) groups is 1. The minimum absolute atomic E-state index is 0.220. The van der Waals surface area contributed by atoms with Gasteiger partial charge in [-0.15, -0.1) is 0 Å². The number of benzene rings is 1. The van der Waals surface area contributed by atoms with Crippen LogP contribution in [-0.2, 0) is 11.3 Å². The summed E-state index contributed by atoms with van der Waals surface area (Å²) < 4.78 is 6.06. The van der Waals surface area contributed by atoms with E-state index < -0.39 is 0 Å². The van der Waals surface area contributed by atoms with E-state index in [4.69, 9.17) is 10.5 Å². The topological polar surface area (TPSA) is 58.8 Å². The molecule has 0 saturated carbocycles. The van der Waals surface area contributed by atoms with Gasteiger partial charge in [-0.1, -0.05) is 15.9 Å². The summed E-state index contributed by atoms with van der Waals surface area (Å²) >= 11 is 3.46. The number of carbonyl (C=O) groups excluding carboxylic acids is 1. The number of ether oxygens (including phenoxy) is 1. The lowest BCUT2D eigenvalue weighted by Crippen LogP contribution is -2.49. The van der Waals surface area contributed by atoms with Crippen LogP contribution in [0.25, 0.3) is 0 Å². The second-order valence-electron chi connectivity index (χ2n) is 4.65. The molecule has 110 valence electrons. The van der Waals surface area contributed by atoms with E-state index in [1.165, 1.54) is 0 Å². The normalized spacial score (nSPS) is 15.3. The number of amides is 1. The van der Waals surface area contributed by atoms with Crippen LogP contribution in [0, 0.1) is 0 Å². The fraction of sp³-hybridized carbons (Fsp3) is 0.500. The molecule has 1 saturated heterocycles. The third kappa shape index (κ3) is 3.43. The predicted octanol–water partition coefficient (Wildman–Crippen LogP) is 2.19. The van der Waals surface area contributed by atoms with Crippen molar-refractivity contribution < 1.29 is 9.53 Å². The summed E-state index contributed by atoms with van der Waals surface area (Å²) in [6.45, 7) is 5.71. The third-order valence-corrected chi connectivity index (χ3v) is 3.90. The van der Waals surface area contributed by atoms with Gasteiger partial charge in [-0.2, -0.15) is 0 Å². The number of piperazine rings is 1. The van der Waals surface area contributed by atoms with Gasteiger partial charge in [0, 0.05) is 42.9 Å². The van der Waals surface area contributed by atoms with Gasteiger partial charge in [0.15, 0.2) is 0 Å². The summed E-state index contributed by atoms with van der Waals surface area (Å²) in [5, 5.41) is 0. The van der Waals surface area contributed by atoms with Crippen molar-refractivity contribution in [3.05, 3.63) is 28.2 Å². The maximum absolute atomic E-state index is 11.7. The van der Waals surface area contributed by atoms with E-state index in [9.17, 15) is 4.79 Å². The quantitative estimate of drug-likeness (QED) is 0.915. The number of hydrogen-bond donors (Lipinski definition) is 1. The monoisotopic (exact) mass is 341 g/mol. The van der Waals surface area contributed by atoms with Crippen molar-refractivity contribution in [3.8, 4) is 0 Å². The standard InChI is InChI=1S/C14H20BrN3O2/c1-2-20-14(19)18-7-5-17(6-8-18)13-4-3-12(15)9-11(13)10-16/h3-4,9H,2,5-8,10,16H2,1H3. The summed E-state index contributed by atoms with van der Waals surface area (Å²) in [5.74, 6) is 0. The second kappa shape index (κ2) is 6.95. The van der Waals surface area contributed by atoms with Crippen molar-refractivity contribution in [2.45, 2.75) is 13.5 Å². The molecule has 20 heavy (non-hydrogen) atoms.